The topological polar surface area (TPSA) is 70.8 Å². The fourth-order valence-electron chi connectivity index (χ4n) is 3.04. The van der Waals surface area contributed by atoms with Gasteiger partial charge in [-0.2, -0.15) is 0 Å². The van der Waals surface area contributed by atoms with E-state index in [0.717, 1.165) is 28.2 Å². The maximum Gasteiger partial charge on any atom is 0.319 e. The number of hydrogen-bond donors (Lipinski definition) is 0. The number of aromatic nitrogens is 1. The molecule has 0 radical (unpaired) electrons. The molecule has 0 aliphatic heterocycles. The van der Waals surface area contributed by atoms with Crippen LogP contribution < -0.4 is 9.47 Å². The summed E-state index contributed by atoms with van der Waals surface area (Å²) in [6, 6.07) is 15.0. The van der Waals surface area contributed by atoms with E-state index in [1.165, 1.54) is 7.11 Å². The third-order valence-electron chi connectivity index (χ3n) is 4.70. The molecule has 0 spiro atoms. The summed E-state index contributed by atoms with van der Waals surface area (Å²) in [4.78, 5) is 12.4. The van der Waals surface area contributed by atoms with Gasteiger partial charge in [-0.05, 0) is 55.8 Å². The van der Waals surface area contributed by atoms with Crippen LogP contribution >= 0.6 is 0 Å². The number of carbonyl (C=O) groups excluding carboxylic acids is 1. The predicted molar refractivity (Wildman–Crippen MR) is 106 cm³/mol. The van der Waals surface area contributed by atoms with Crippen LogP contribution in [-0.2, 0) is 14.9 Å². The fraction of sp³-hybridized carbons (Fsp3) is 0.273. The van der Waals surface area contributed by atoms with Crippen molar-refractivity contribution in [3.05, 3.63) is 54.3 Å². The monoisotopic (exact) mass is 377 g/mol. The number of methoxy groups -OCH3 is 3. The number of nitrogens with zero attached hydrogens (tertiary/aromatic N) is 1. The normalized spacial score (nSPS) is 12.9. The van der Waals surface area contributed by atoms with Crippen molar-refractivity contribution in [2.45, 2.75) is 19.3 Å². The predicted octanol–water partition coefficient (Wildman–Crippen LogP) is 4.48. The minimum atomic E-state index is -1.01. The summed E-state index contributed by atoms with van der Waals surface area (Å²) in [7, 11) is 4.59. The molecule has 6 nitrogen and oxygen atoms in total. The zero-order valence-corrected chi connectivity index (χ0v) is 16.6. The molecule has 0 bridgehead atoms. The Morgan fingerprint density at radius 1 is 0.857 bits per heavy atom. The second kappa shape index (κ2) is 7.76. The molecular formula is C22H23NO5. The van der Waals surface area contributed by atoms with Gasteiger partial charge >= 0.3 is 5.97 Å². The average molecular weight is 377 g/mol. The number of carbonyl (C=O) groups is 1. The van der Waals surface area contributed by atoms with E-state index in [2.05, 4.69) is 5.16 Å². The summed E-state index contributed by atoms with van der Waals surface area (Å²) >= 11 is 0. The second-order valence-electron chi connectivity index (χ2n) is 6.81. The molecule has 0 fully saturated rings. The molecule has 1 heterocycles. The molecule has 6 heteroatoms. The van der Waals surface area contributed by atoms with Gasteiger partial charge in [0.25, 0.3) is 0 Å². The molecule has 0 saturated carbocycles. The Hall–Kier alpha value is -3.28. The molecule has 3 aromatic rings. The highest BCUT2D eigenvalue weighted by Gasteiger charge is 2.39. The maximum absolute atomic E-state index is 12.4. The van der Waals surface area contributed by atoms with Crippen molar-refractivity contribution in [1.82, 2.24) is 5.16 Å². The van der Waals surface area contributed by atoms with E-state index in [4.69, 9.17) is 18.7 Å². The molecular weight excluding hydrogens is 354 g/mol. The first-order valence-electron chi connectivity index (χ1n) is 8.79. The van der Waals surface area contributed by atoms with Crippen LogP contribution in [0.2, 0.25) is 0 Å². The third-order valence-corrected chi connectivity index (χ3v) is 4.70. The average Bonchev–Trinajstić information content (AvgIpc) is 3.19. The molecule has 3 rings (SSSR count). The summed E-state index contributed by atoms with van der Waals surface area (Å²) in [5.41, 5.74) is 2.08. The molecule has 2 aromatic carbocycles. The molecule has 1 atom stereocenters. The molecule has 0 aliphatic rings. The molecule has 1 aromatic heterocycles. The molecule has 0 N–H and O–H groups in total. The first-order chi connectivity index (χ1) is 13.4. The van der Waals surface area contributed by atoms with Gasteiger partial charge in [-0.1, -0.05) is 17.3 Å². The molecule has 146 valence electrons. The van der Waals surface area contributed by atoms with Crippen molar-refractivity contribution in [3.63, 3.8) is 0 Å². The quantitative estimate of drug-likeness (QED) is 0.590. The number of ether oxygens (including phenoxy) is 3. The van der Waals surface area contributed by atoms with E-state index in [1.807, 2.05) is 48.5 Å². The summed E-state index contributed by atoms with van der Waals surface area (Å²) in [5, 5.41) is 4.29. The van der Waals surface area contributed by atoms with Crippen LogP contribution in [0.1, 0.15) is 19.6 Å². The first kappa shape index (κ1) is 19.5. The van der Waals surface area contributed by atoms with Gasteiger partial charge in [0.15, 0.2) is 5.76 Å². The van der Waals surface area contributed by atoms with E-state index in [1.54, 1.807) is 28.1 Å². The molecule has 0 saturated heterocycles. The standard InChI is InChI=1S/C22H23NO5/c1-22(2,21(24)27-5)20-18(14-6-10-16(25-3)11-7-14)19(23-28-20)15-8-12-17(26-4)13-9-15/h6-13H,1-5H3/i1-1,2+0,3-1,4-1,5-1. The Bertz CT molecular complexity index is 956. The lowest BCUT2D eigenvalue weighted by atomic mass is 9.71. The van der Waals surface area contributed by atoms with Crippen LogP contribution in [0, 0.1) is 0 Å². The number of rotatable bonds is 6. The summed E-state index contributed by atoms with van der Waals surface area (Å²) in [6.45, 7) is 3.51. The highest BCUT2D eigenvalue weighted by atomic mass is 16.5. The first-order valence-corrected chi connectivity index (χ1v) is 8.79. The van der Waals surface area contributed by atoms with Crippen LogP contribution in [0.3, 0.4) is 0 Å². The number of benzene rings is 2. The lowest BCUT2D eigenvalue weighted by molar-refractivity contribution is -0.146. The number of esters is 1. The lowest BCUT2D eigenvalue weighted by Gasteiger charge is -2.20. The van der Waals surface area contributed by atoms with Crippen molar-refractivity contribution in [2.75, 3.05) is 21.3 Å². The van der Waals surface area contributed by atoms with Crippen molar-refractivity contribution in [3.8, 4) is 33.9 Å². The molecule has 0 amide bonds. The Labute approximate surface area is 164 Å². The number of hydrogen-bond acceptors (Lipinski definition) is 6. The largest absolute Gasteiger partial charge is 0.497 e. The van der Waals surface area contributed by atoms with Gasteiger partial charge in [-0.3, -0.25) is 4.79 Å². The summed E-state index contributed by atoms with van der Waals surface area (Å²) in [5.74, 6) is 1.52. The van der Waals surface area contributed by atoms with Gasteiger partial charge in [0.05, 0.1) is 26.9 Å². The fourth-order valence-corrected chi connectivity index (χ4v) is 3.04. The van der Waals surface area contributed by atoms with Gasteiger partial charge in [-0.25, -0.2) is 0 Å². The van der Waals surface area contributed by atoms with Crippen LogP contribution in [0.5, 0.6) is 11.5 Å². The highest BCUT2D eigenvalue weighted by molar-refractivity contribution is 5.89. The van der Waals surface area contributed by atoms with Crippen LogP contribution in [0.25, 0.3) is 22.4 Å². The molecule has 28 heavy (non-hydrogen) atoms. The third kappa shape index (κ3) is 3.45. The van der Waals surface area contributed by atoms with Crippen LogP contribution in [0.4, 0.5) is 0 Å². The van der Waals surface area contributed by atoms with Gasteiger partial charge in [0.2, 0.25) is 0 Å². The Morgan fingerprint density at radius 2 is 1.36 bits per heavy atom. The molecule has 1 unspecified atom stereocenters. The van der Waals surface area contributed by atoms with Crippen LogP contribution in [-0.4, -0.2) is 32.5 Å². The Kier molecular flexibility index (Phi) is 5.40. The zero-order chi connectivity index (χ0) is 20.3. The smallest absolute Gasteiger partial charge is 0.319 e. The van der Waals surface area contributed by atoms with Gasteiger partial charge in [0.1, 0.15) is 22.6 Å². The van der Waals surface area contributed by atoms with Gasteiger partial charge in [-0.15, -0.1) is 0 Å². The molecule has 0 aliphatic carbocycles. The van der Waals surface area contributed by atoms with Crippen LogP contribution in [0.15, 0.2) is 53.1 Å². The zero-order valence-electron chi connectivity index (χ0n) is 16.6. The van der Waals surface area contributed by atoms with Crippen molar-refractivity contribution in [1.29, 1.82) is 0 Å². The van der Waals surface area contributed by atoms with Gasteiger partial charge < -0.3 is 18.7 Å². The Balaban J connectivity index is 2.20. The van der Waals surface area contributed by atoms with E-state index < -0.39 is 11.4 Å². The van der Waals surface area contributed by atoms with E-state index in [9.17, 15) is 4.79 Å². The van der Waals surface area contributed by atoms with Crippen molar-refractivity contribution >= 4 is 5.97 Å². The second-order valence-corrected chi connectivity index (χ2v) is 6.81. The van der Waals surface area contributed by atoms with Gasteiger partial charge in [0, 0.05) is 5.56 Å². The minimum Gasteiger partial charge on any atom is -0.497 e. The van der Waals surface area contributed by atoms with Crippen molar-refractivity contribution < 1.29 is 23.5 Å². The SMILES string of the molecule is [11CH3]OC(=O)C([11CH3])([12CH3])c1onc(-c2ccc(O[11CH3])cc2)c1-c1ccc(O[11CH3])cc1. The summed E-state index contributed by atoms with van der Waals surface area (Å²) in [6.07, 6.45) is 0. The summed E-state index contributed by atoms with van der Waals surface area (Å²) < 4.78 is 21.2. The minimum absolute atomic E-state index is 0.403. The lowest BCUT2D eigenvalue weighted by Crippen LogP contribution is -2.30. The maximum atomic E-state index is 12.4. The van der Waals surface area contributed by atoms with Crippen molar-refractivity contribution in [2.24, 2.45) is 0 Å². The van der Waals surface area contributed by atoms with E-state index >= 15 is 0 Å². The Morgan fingerprint density at radius 3 is 1.82 bits per heavy atom. The van der Waals surface area contributed by atoms with E-state index in [-0.39, 0.29) is 0 Å². The van der Waals surface area contributed by atoms with E-state index in [0.29, 0.717) is 11.5 Å². The highest BCUT2D eigenvalue weighted by Crippen LogP contribution is 2.41.